The van der Waals surface area contributed by atoms with Crippen LogP contribution in [0.4, 0.5) is 5.69 Å². The van der Waals surface area contributed by atoms with Crippen molar-refractivity contribution in [1.82, 2.24) is 0 Å². The summed E-state index contributed by atoms with van der Waals surface area (Å²) in [5.41, 5.74) is 1.26. The van der Waals surface area contributed by atoms with Gasteiger partial charge in [-0.2, -0.15) is 0 Å². The van der Waals surface area contributed by atoms with Gasteiger partial charge in [0.05, 0.1) is 11.1 Å². The minimum atomic E-state index is -0.187. The van der Waals surface area contributed by atoms with Crippen LogP contribution in [-0.4, -0.2) is 19.1 Å². The van der Waals surface area contributed by atoms with Crippen molar-refractivity contribution < 1.29 is 14.3 Å². The van der Waals surface area contributed by atoms with Crippen LogP contribution < -0.4 is 14.8 Å². The fourth-order valence-electron chi connectivity index (χ4n) is 1.97. The van der Waals surface area contributed by atoms with E-state index in [0.717, 1.165) is 16.6 Å². The van der Waals surface area contributed by atoms with E-state index in [9.17, 15) is 4.79 Å². The Morgan fingerprint density at radius 2 is 1.96 bits per heavy atom. The van der Waals surface area contributed by atoms with E-state index in [-0.39, 0.29) is 5.91 Å². The molecule has 0 aliphatic carbocycles. The average Bonchev–Trinajstić information content (AvgIpc) is 2.60. The Morgan fingerprint density at radius 1 is 1.21 bits per heavy atom. The zero-order valence-electron chi connectivity index (χ0n) is 13.5. The maximum atomic E-state index is 12.3. The first-order valence-electron chi connectivity index (χ1n) is 7.71. The molecule has 0 atom stereocenters. The number of rotatable bonds is 8. The molecule has 0 heterocycles. The van der Waals surface area contributed by atoms with Gasteiger partial charge in [-0.1, -0.05) is 19.6 Å². The maximum absolute atomic E-state index is 12.3. The molecule has 0 aromatic heterocycles. The van der Waals surface area contributed by atoms with E-state index in [1.807, 2.05) is 24.3 Å². The SMILES string of the molecule is C=CCOc1ccc(C(=O)Nc2ccc(OCCC)cc2)cc1Br. The van der Waals surface area contributed by atoms with Gasteiger partial charge in [-0.3, -0.25) is 4.79 Å². The van der Waals surface area contributed by atoms with E-state index in [1.54, 1.807) is 24.3 Å². The summed E-state index contributed by atoms with van der Waals surface area (Å²) in [6.07, 6.45) is 2.63. The zero-order valence-corrected chi connectivity index (χ0v) is 15.1. The van der Waals surface area contributed by atoms with Gasteiger partial charge in [0.25, 0.3) is 5.91 Å². The molecule has 0 unspecified atom stereocenters. The molecule has 0 bridgehead atoms. The molecule has 0 saturated heterocycles. The number of ether oxygens (including phenoxy) is 2. The highest BCUT2D eigenvalue weighted by molar-refractivity contribution is 9.10. The first-order valence-corrected chi connectivity index (χ1v) is 8.50. The lowest BCUT2D eigenvalue weighted by Gasteiger charge is -2.10. The number of hydrogen-bond donors (Lipinski definition) is 1. The molecule has 2 aromatic rings. The maximum Gasteiger partial charge on any atom is 0.255 e. The van der Waals surface area contributed by atoms with Gasteiger partial charge in [0.15, 0.2) is 0 Å². The van der Waals surface area contributed by atoms with Crippen molar-refractivity contribution in [1.29, 1.82) is 0 Å². The quantitative estimate of drug-likeness (QED) is 0.642. The summed E-state index contributed by atoms with van der Waals surface area (Å²) >= 11 is 3.41. The Bertz CT molecular complexity index is 698. The highest BCUT2D eigenvalue weighted by atomic mass is 79.9. The van der Waals surface area contributed by atoms with E-state index in [1.165, 1.54) is 0 Å². The molecule has 2 aromatic carbocycles. The van der Waals surface area contributed by atoms with Gasteiger partial charge in [0, 0.05) is 11.3 Å². The number of hydrogen-bond acceptors (Lipinski definition) is 3. The van der Waals surface area contributed by atoms with Crippen molar-refractivity contribution >= 4 is 27.5 Å². The topological polar surface area (TPSA) is 47.6 Å². The normalized spacial score (nSPS) is 10.1. The molecule has 5 heteroatoms. The molecule has 126 valence electrons. The third kappa shape index (κ3) is 5.13. The first kappa shape index (κ1) is 18.1. The Hall–Kier alpha value is -2.27. The zero-order chi connectivity index (χ0) is 17.4. The van der Waals surface area contributed by atoms with E-state index in [2.05, 4.69) is 34.7 Å². The van der Waals surface area contributed by atoms with Crippen LogP contribution in [0.5, 0.6) is 11.5 Å². The lowest BCUT2D eigenvalue weighted by atomic mass is 10.2. The van der Waals surface area contributed by atoms with E-state index < -0.39 is 0 Å². The number of benzene rings is 2. The summed E-state index contributed by atoms with van der Waals surface area (Å²) in [6.45, 7) is 6.76. The summed E-state index contributed by atoms with van der Waals surface area (Å²) in [5.74, 6) is 1.28. The predicted octanol–water partition coefficient (Wildman–Crippen LogP) is 5.06. The summed E-state index contributed by atoms with van der Waals surface area (Å²) in [5, 5.41) is 2.86. The van der Waals surface area contributed by atoms with Crippen molar-refractivity contribution in [3.05, 3.63) is 65.2 Å². The predicted molar refractivity (Wildman–Crippen MR) is 100 cm³/mol. The standard InChI is InChI=1S/C19H20BrNO3/c1-3-11-23-16-8-6-15(7-9-16)21-19(22)14-5-10-18(17(20)13-14)24-12-4-2/h4-10,13H,2-3,11-12H2,1H3,(H,21,22). The van der Waals surface area contributed by atoms with Crippen molar-refractivity contribution in [3.8, 4) is 11.5 Å². The van der Waals surface area contributed by atoms with Crippen LogP contribution in [-0.2, 0) is 0 Å². The molecule has 0 fully saturated rings. The van der Waals surface area contributed by atoms with Crippen LogP contribution in [0.2, 0.25) is 0 Å². The van der Waals surface area contributed by atoms with Gasteiger partial charge in [-0.05, 0) is 64.8 Å². The van der Waals surface area contributed by atoms with Crippen LogP contribution in [0.1, 0.15) is 23.7 Å². The smallest absolute Gasteiger partial charge is 0.255 e. The molecule has 2 rings (SSSR count). The minimum Gasteiger partial charge on any atom is -0.494 e. The lowest BCUT2D eigenvalue weighted by molar-refractivity contribution is 0.102. The highest BCUT2D eigenvalue weighted by Crippen LogP contribution is 2.26. The molecule has 0 aliphatic heterocycles. The van der Waals surface area contributed by atoms with Gasteiger partial charge >= 0.3 is 0 Å². The number of carbonyl (C=O) groups excluding carboxylic acids is 1. The van der Waals surface area contributed by atoms with Crippen LogP contribution in [0.25, 0.3) is 0 Å². The minimum absolute atomic E-state index is 0.187. The van der Waals surface area contributed by atoms with E-state index in [0.29, 0.717) is 30.2 Å². The number of nitrogens with one attached hydrogen (secondary N) is 1. The van der Waals surface area contributed by atoms with Crippen molar-refractivity contribution in [2.24, 2.45) is 0 Å². The van der Waals surface area contributed by atoms with Gasteiger partial charge in [-0.15, -0.1) is 0 Å². The average molecular weight is 390 g/mol. The number of amides is 1. The first-order chi connectivity index (χ1) is 11.6. The van der Waals surface area contributed by atoms with Gasteiger partial charge in [0.2, 0.25) is 0 Å². The monoisotopic (exact) mass is 389 g/mol. The number of anilines is 1. The van der Waals surface area contributed by atoms with Crippen LogP contribution >= 0.6 is 15.9 Å². The van der Waals surface area contributed by atoms with Gasteiger partial charge in [-0.25, -0.2) is 0 Å². The Morgan fingerprint density at radius 3 is 2.58 bits per heavy atom. The fraction of sp³-hybridized carbons (Fsp3) is 0.211. The highest BCUT2D eigenvalue weighted by Gasteiger charge is 2.09. The van der Waals surface area contributed by atoms with Gasteiger partial charge < -0.3 is 14.8 Å². The van der Waals surface area contributed by atoms with Crippen LogP contribution in [0.15, 0.2) is 59.6 Å². The molecular weight excluding hydrogens is 370 g/mol. The molecule has 0 spiro atoms. The summed E-state index contributed by atoms with van der Waals surface area (Å²) in [6, 6.07) is 12.5. The fourth-order valence-corrected chi connectivity index (χ4v) is 2.46. The van der Waals surface area contributed by atoms with E-state index in [4.69, 9.17) is 9.47 Å². The number of carbonyl (C=O) groups is 1. The van der Waals surface area contributed by atoms with E-state index >= 15 is 0 Å². The van der Waals surface area contributed by atoms with Gasteiger partial charge in [0.1, 0.15) is 18.1 Å². The molecule has 0 radical (unpaired) electrons. The Kier molecular flexibility index (Phi) is 6.88. The third-order valence-electron chi connectivity index (χ3n) is 3.14. The van der Waals surface area contributed by atoms with Crippen molar-refractivity contribution in [2.75, 3.05) is 18.5 Å². The second kappa shape index (κ2) is 9.13. The summed E-state index contributed by atoms with van der Waals surface area (Å²) in [7, 11) is 0. The van der Waals surface area contributed by atoms with Crippen LogP contribution in [0, 0.1) is 0 Å². The van der Waals surface area contributed by atoms with Crippen LogP contribution in [0.3, 0.4) is 0 Å². The summed E-state index contributed by atoms with van der Waals surface area (Å²) < 4.78 is 11.7. The largest absolute Gasteiger partial charge is 0.494 e. The summed E-state index contributed by atoms with van der Waals surface area (Å²) in [4.78, 5) is 12.3. The molecule has 1 amide bonds. The van der Waals surface area contributed by atoms with Crippen molar-refractivity contribution in [3.63, 3.8) is 0 Å². The second-order valence-electron chi connectivity index (χ2n) is 5.07. The molecule has 0 aliphatic rings. The molecule has 24 heavy (non-hydrogen) atoms. The van der Waals surface area contributed by atoms with Crippen molar-refractivity contribution in [2.45, 2.75) is 13.3 Å². The second-order valence-corrected chi connectivity index (χ2v) is 5.93. The molecular formula is C19H20BrNO3. The molecule has 1 N–H and O–H groups in total. The Labute approximate surface area is 150 Å². The molecule has 4 nitrogen and oxygen atoms in total. The third-order valence-corrected chi connectivity index (χ3v) is 3.76. The number of halogens is 1. The Balaban J connectivity index is 2.01. The lowest BCUT2D eigenvalue weighted by Crippen LogP contribution is -2.12. The molecule has 0 saturated carbocycles.